The fourth-order valence-electron chi connectivity index (χ4n) is 2.56. The summed E-state index contributed by atoms with van der Waals surface area (Å²) in [4.78, 5) is 9.94. The molecule has 0 bridgehead atoms. The van der Waals surface area contributed by atoms with Crippen molar-refractivity contribution in [1.82, 2.24) is 0 Å². The van der Waals surface area contributed by atoms with E-state index in [1.54, 1.807) is 6.92 Å². The van der Waals surface area contributed by atoms with Gasteiger partial charge >= 0.3 is 5.97 Å². The minimum absolute atomic E-state index is 0.199. The number of cyclic esters (lactones) is 1. The van der Waals surface area contributed by atoms with Gasteiger partial charge in [0, 0.05) is 12.2 Å². The lowest BCUT2D eigenvalue weighted by Crippen LogP contribution is -2.50. The molecular formula is C15H29NO5S. The average Bonchev–Trinajstić information content (AvgIpc) is 2.45. The van der Waals surface area contributed by atoms with Crippen LogP contribution in [0.3, 0.4) is 0 Å². The maximum atomic E-state index is 10.6. The summed E-state index contributed by atoms with van der Waals surface area (Å²) in [5, 5.41) is 0. The molecular weight excluding hydrogens is 306 g/mol. The molecule has 22 heavy (non-hydrogen) atoms. The number of carbonyl (C=O) groups is 1. The summed E-state index contributed by atoms with van der Waals surface area (Å²) >= 11 is 0. The number of esters is 1. The zero-order chi connectivity index (χ0) is 17.2. The maximum Gasteiger partial charge on any atom is 0.341 e. The summed E-state index contributed by atoms with van der Waals surface area (Å²) in [5.41, 5.74) is 0.704. The fourth-order valence-corrected chi connectivity index (χ4v) is 3.04. The highest BCUT2D eigenvalue weighted by atomic mass is 32.2. The highest BCUT2D eigenvalue weighted by Gasteiger charge is 2.22. The van der Waals surface area contributed by atoms with E-state index in [9.17, 15) is 17.8 Å². The molecule has 1 rings (SSSR count). The summed E-state index contributed by atoms with van der Waals surface area (Å²) in [6.07, 6.45) is 4.11. The molecule has 1 aliphatic rings. The average molecular weight is 335 g/mol. The lowest BCUT2D eigenvalue weighted by Gasteiger charge is -2.37. The predicted molar refractivity (Wildman–Crippen MR) is 85.0 cm³/mol. The Morgan fingerprint density at radius 1 is 1.14 bits per heavy atom. The Kier molecular flexibility index (Phi) is 9.55. The standard InChI is InChI=1S/C11H25NO3S.C4H4O2/c1-4-8-12(6-3,9-5-2)10-7-11-16(13,14)15;1-3-2-6-4(3)5/h4-11H2,1-3H3;2H,1H3. The van der Waals surface area contributed by atoms with E-state index in [-0.39, 0.29) is 11.7 Å². The molecule has 0 saturated carbocycles. The molecule has 0 unspecified atom stereocenters. The molecule has 1 aliphatic heterocycles. The highest BCUT2D eigenvalue weighted by molar-refractivity contribution is 7.85. The van der Waals surface area contributed by atoms with Crippen molar-refractivity contribution in [2.45, 2.75) is 47.0 Å². The first kappa shape index (κ1) is 21.1. The van der Waals surface area contributed by atoms with Gasteiger partial charge in [0.2, 0.25) is 0 Å². The van der Waals surface area contributed by atoms with Crippen molar-refractivity contribution in [3.05, 3.63) is 11.8 Å². The Bertz CT molecular complexity index is 464. The largest absolute Gasteiger partial charge is 0.748 e. The van der Waals surface area contributed by atoms with Crippen molar-refractivity contribution in [1.29, 1.82) is 0 Å². The summed E-state index contributed by atoms with van der Waals surface area (Å²) in [6.45, 7) is 12.1. The molecule has 6 nitrogen and oxygen atoms in total. The SMILES string of the molecule is CC1=COC1=O.CCC[N+](CC)(CCC)CCCS(=O)(=O)[O-]. The van der Waals surface area contributed by atoms with Crippen LogP contribution < -0.4 is 0 Å². The van der Waals surface area contributed by atoms with Gasteiger partial charge in [0.1, 0.15) is 6.26 Å². The zero-order valence-electron chi connectivity index (χ0n) is 14.1. The van der Waals surface area contributed by atoms with Crippen LogP contribution in [0.25, 0.3) is 0 Å². The third-order valence-electron chi connectivity index (χ3n) is 3.76. The van der Waals surface area contributed by atoms with Crippen LogP contribution in [0.5, 0.6) is 0 Å². The van der Waals surface area contributed by atoms with Gasteiger partial charge in [-0.25, -0.2) is 13.2 Å². The van der Waals surface area contributed by atoms with Gasteiger partial charge in [-0.2, -0.15) is 0 Å². The van der Waals surface area contributed by atoms with Crippen LogP contribution in [0.15, 0.2) is 11.8 Å². The molecule has 1 heterocycles. The molecule has 0 spiro atoms. The molecule has 0 fully saturated rings. The predicted octanol–water partition coefficient (Wildman–Crippen LogP) is 2.03. The Hall–Kier alpha value is -0.920. The number of nitrogens with zero attached hydrogens (tertiary/aromatic N) is 1. The van der Waals surface area contributed by atoms with E-state index in [0.717, 1.165) is 43.5 Å². The minimum atomic E-state index is -4.04. The van der Waals surface area contributed by atoms with E-state index in [1.165, 1.54) is 6.26 Å². The van der Waals surface area contributed by atoms with Crippen molar-refractivity contribution in [3.63, 3.8) is 0 Å². The van der Waals surface area contributed by atoms with Crippen LogP contribution in [0.2, 0.25) is 0 Å². The van der Waals surface area contributed by atoms with Crippen LogP contribution in [0.4, 0.5) is 0 Å². The van der Waals surface area contributed by atoms with Crippen molar-refractivity contribution >= 4 is 16.1 Å². The molecule has 0 aliphatic carbocycles. The normalized spacial score (nSPS) is 14.4. The Balaban J connectivity index is 0.000000604. The quantitative estimate of drug-likeness (QED) is 0.366. The van der Waals surface area contributed by atoms with Gasteiger partial charge in [0.05, 0.1) is 41.9 Å². The molecule has 0 atom stereocenters. The third-order valence-corrected chi connectivity index (χ3v) is 4.55. The number of hydrogen-bond donors (Lipinski definition) is 0. The van der Waals surface area contributed by atoms with E-state index in [0.29, 0.717) is 12.0 Å². The molecule has 0 aromatic heterocycles. The smallest absolute Gasteiger partial charge is 0.341 e. The zero-order valence-corrected chi connectivity index (χ0v) is 14.9. The summed E-state index contributed by atoms with van der Waals surface area (Å²) in [5.74, 6) is -0.421. The number of rotatable bonds is 9. The van der Waals surface area contributed by atoms with Gasteiger partial charge in [-0.1, -0.05) is 13.8 Å². The second kappa shape index (κ2) is 9.97. The Labute approximate surface area is 134 Å². The van der Waals surface area contributed by atoms with Gasteiger partial charge in [-0.3, -0.25) is 0 Å². The molecule has 7 heteroatoms. The molecule has 0 aromatic carbocycles. The van der Waals surface area contributed by atoms with Crippen LogP contribution >= 0.6 is 0 Å². The van der Waals surface area contributed by atoms with Gasteiger partial charge in [0.15, 0.2) is 0 Å². The third kappa shape index (κ3) is 8.51. The van der Waals surface area contributed by atoms with Gasteiger partial charge in [-0.15, -0.1) is 0 Å². The molecule has 0 radical (unpaired) electrons. The maximum absolute atomic E-state index is 10.6. The lowest BCUT2D eigenvalue weighted by molar-refractivity contribution is -0.926. The Morgan fingerprint density at radius 3 is 1.86 bits per heavy atom. The van der Waals surface area contributed by atoms with Crippen LogP contribution in [0, 0.1) is 0 Å². The number of hydrogen-bond acceptors (Lipinski definition) is 5. The highest BCUT2D eigenvalue weighted by Crippen LogP contribution is 2.11. The second-order valence-electron chi connectivity index (χ2n) is 5.65. The molecule has 0 saturated heterocycles. The number of carbonyl (C=O) groups excluding carboxylic acids is 1. The van der Waals surface area contributed by atoms with Gasteiger partial charge in [-0.05, 0) is 26.7 Å². The van der Waals surface area contributed by atoms with Gasteiger partial charge < -0.3 is 13.8 Å². The Morgan fingerprint density at radius 2 is 1.64 bits per heavy atom. The first-order chi connectivity index (χ1) is 10.2. The second-order valence-corrected chi connectivity index (χ2v) is 7.17. The summed E-state index contributed by atoms with van der Waals surface area (Å²) < 4.78 is 36.9. The van der Waals surface area contributed by atoms with E-state index < -0.39 is 10.1 Å². The molecule has 130 valence electrons. The summed E-state index contributed by atoms with van der Waals surface area (Å²) in [6, 6.07) is 0. The van der Waals surface area contributed by atoms with Crippen molar-refractivity contribution < 1.29 is 27.0 Å². The molecule has 0 amide bonds. The van der Waals surface area contributed by atoms with Crippen molar-refractivity contribution in [2.75, 3.05) is 31.9 Å². The minimum Gasteiger partial charge on any atom is -0.748 e. The topological polar surface area (TPSA) is 83.5 Å². The van der Waals surface area contributed by atoms with Crippen molar-refractivity contribution in [2.24, 2.45) is 0 Å². The van der Waals surface area contributed by atoms with Crippen LogP contribution in [-0.4, -0.2) is 55.4 Å². The summed E-state index contributed by atoms with van der Waals surface area (Å²) in [7, 11) is -4.04. The van der Waals surface area contributed by atoms with Crippen LogP contribution in [-0.2, 0) is 19.6 Å². The van der Waals surface area contributed by atoms with E-state index in [4.69, 9.17) is 0 Å². The first-order valence-electron chi connectivity index (χ1n) is 7.86. The molecule has 0 aromatic rings. The van der Waals surface area contributed by atoms with Crippen molar-refractivity contribution in [3.8, 4) is 0 Å². The van der Waals surface area contributed by atoms with E-state index in [2.05, 4.69) is 25.5 Å². The monoisotopic (exact) mass is 335 g/mol. The fraction of sp³-hybridized carbons (Fsp3) is 0.800. The molecule has 0 N–H and O–H groups in total. The number of quaternary nitrogens is 1. The first-order valence-corrected chi connectivity index (χ1v) is 9.43. The lowest BCUT2D eigenvalue weighted by atomic mass is 10.2. The van der Waals surface area contributed by atoms with Crippen LogP contribution in [0.1, 0.15) is 47.0 Å². The van der Waals surface area contributed by atoms with E-state index in [1.807, 2.05) is 0 Å². The van der Waals surface area contributed by atoms with Gasteiger partial charge in [0.25, 0.3) is 0 Å². The van der Waals surface area contributed by atoms with E-state index >= 15 is 0 Å². The number of ether oxygens (including phenoxy) is 1.